The topological polar surface area (TPSA) is 104 Å². The first-order valence-electron chi connectivity index (χ1n) is 5.78. The summed E-state index contributed by atoms with van der Waals surface area (Å²) in [7, 11) is 0. The molecule has 3 N–H and O–H groups in total. The molecule has 6 nitrogen and oxygen atoms in total. The number of hydrogen-bond acceptors (Lipinski definition) is 3. The van der Waals surface area contributed by atoms with Gasteiger partial charge in [0.15, 0.2) is 0 Å². The van der Waals surface area contributed by atoms with Gasteiger partial charge >= 0.3 is 11.9 Å². The van der Waals surface area contributed by atoms with E-state index in [0.717, 1.165) is 0 Å². The molecule has 0 unspecified atom stereocenters. The zero-order valence-corrected chi connectivity index (χ0v) is 10.2. The van der Waals surface area contributed by atoms with E-state index in [1.54, 1.807) is 19.1 Å². The van der Waals surface area contributed by atoms with Crippen LogP contribution in [0.3, 0.4) is 0 Å². The number of hydrogen-bond donors (Lipinski definition) is 3. The molecule has 1 aromatic carbocycles. The van der Waals surface area contributed by atoms with Crippen LogP contribution in [0.15, 0.2) is 18.2 Å². The minimum Gasteiger partial charge on any atom is -0.481 e. The molecule has 1 saturated carbocycles. The summed E-state index contributed by atoms with van der Waals surface area (Å²) >= 11 is 0. The number of carbonyl (C=O) groups is 3. The lowest BCUT2D eigenvalue weighted by molar-refractivity contribution is -0.139. The van der Waals surface area contributed by atoms with Crippen LogP contribution >= 0.6 is 0 Å². The minimum absolute atomic E-state index is 0.0309. The van der Waals surface area contributed by atoms with Crippen LogP contribution in [0.25, 0.3) is 0 Å². The molecule has 100 valence electrons. The summed E-state index contributed by atoms with van der Waals surface area (Å²) in [6.45, 7) is 1.64. The molecule has 0 radical (unpaired) electrons. The molecule has 0 bridgehead atoms. The Bertz CT molecular complexity index is 566. The molecule has 0 saturated heterocycles. The Morgan fingerprint density at radius 2 is 1.89 bits per heavy atom. The maximum absolute atomic E-state index is 11.8. The summed E-state index contributed by atoms with van der Waals surface area (Å²) in [4.78, 5) is 33.6. The van der Waals surface area contributed by atoms with Gasteiger partial charge in [0.05, 0.1) is 23.1 Å². The number of aromatic carboxylic acids is 1. The number of carboxylic acid groups (broad SMARTS) is 2. The number of aliphatic carboxylic acids is 1. The van der Waals surface area contributed by atoms with Crippen LogP contribution in [-0.2, 0) is 9.59 Å². The van der Waals surface area contributed by atoms with Crippen LogP contribution in [0.5, 0.6) is 0 Å². The van der Waals surface area contributed by atoms with Gasteiger partial charge in [0, 0.05) is 0 Å². The fourth-order valence-corrected chi connectivity index (χ4v) is 2.04. The SMILES string of the molecule is Cc1cccc(NC(=O)[C@H]2C[C@H]2C(=O)O)c1C(=O)O. The average molecular weight is 263 g/mol. The summed E-state index contributed by atoms with van der Waals surface area (Å²) in [6.07, 6.45) is 0.301. The molecule has 0 aromatic heterocycles. The molecule has 1 aliphatic rings. The van der Waals surface area contributed by atoms with Crippen molar-refractivity contribution in [3.8, 4) is 0 Å². The van der Waals surface area contributed by atoms with Crippen molar-refractivity contribution in [3.63, 3.8) is 0 Å². The molecule has 2 atom stereocenters. The van der Waals surface area contributed by atoms with Crippen LogP contribution in [0.1, 0.15) is 22.3 Å². The van der Waals surface area contributed by atoms with Gasteiger partial charge in [-0.15, -0.1) is 0 Å². The molecule has 6 heteroatoms. The highest BCUT2D eigenvalue weighted by Gasteiger charge is 2.48. The quantitative estimate of drug-likeness (QED) is 0.760. The highest BCUT2D eigenvalue weighted by molar-refractivity contribution is 6.04. The lowest BCUT2D eigenvalue weighted by Crippen LogP contribution is -2.19. The molecule has 1 aromatic rings. The van der Waals surface area contributed by atoms with E-state index in [0.29, 0.717) is 12.0 Å². The fourth-order valence-electron chi connectivity index (χ4n) is 2.04. The van der Waals surface area contributed by atoms with Crippen molar-refractivity contribution < 1.29 is 24.6 Å². The van der Waals surface area contributed by atoms with E-state index in [2.05, 4.69) is 5.32 Å². The monoisotopic (exact) mass is 263 g/mol. The Morgan fingerprint density at radius 1 is 1.21 bits per heavy atom. The number of nitrogens with one attached hydrogen (secondary N) is 1. The van der Waals surface area contributed by atoms with Crippen molar-refractivity contribution in [3.05, 3.63) is 29.3 Å². The van der Waals surface area contributed by atoms with E-state index in [-0.39, 0.29) is 11.3 Å². The zero-order chi connectivity index (χ0) is 14.2. The van der Waals surface area contributed by atoms with E-state index >= 15 is 0 Å². The van der Waals surface area contributed by atoms with E-state index in [9.17, 15) is 14.4 Å². The van der Waals surface area contributed by atoms with Gasteiger partial charge in [-0.25, -0.2) is 4.79 Å². The van der Waals surface area contributed by atoms with E-state index in [1.165, 1.54) is 6.07 Å². The minimum atomic E-state index is -1.13. The van der Waals surface area contributed by atoms with Crippen LogP contribution < -0.4 is 5.32 Å². The van der Waals surface area contributed by atoms with Crippen LogP contribution in [0.2, 0.25) is 0 Å². The predicted molar refractivity (Wildman–Crippen MR) is 66.0 cm³/mol. The number of anilines is 1. The molecule has 1 aliphatic carbocycles. The van der Waals surface area contributed by atoms with Gasteiger partial charge in [-0.05, 0) is 25.0 Å². The van der Waals surface area contributed by atoms with Crippen molar-refractivity contribution in [2.45, 2.75) is 13.3 Å². The van der Waals surface area contributed by atoms with Gasteiger partial charge < -0.3 is 15.5 Å². The molecule has 19 heavy (non-hydrogen) atoms. The number of benzene rings is 1. The smallest absolute Gasteiger partial charge is 0.338 e. The molecule has 1 amide bonds. The molecular weight excluding hydrogens is 250 g/mol. The van der Waals surface area contributed by atoms with Gasteiger partial charge in [-0.2, -0.15) is 0 Å². The van der Waals surface area contributed by atoms with Gasteiger partial charge in [-0.1, -0.05) is 12.1 Å². The Balaban J connectivity index is 2.16. The summed E-state index contributed by atoms with van der Waals surface area (Å²) in [5.41, 5.74) is 0.771. The van der Waals surface area contributed by atoms with E-state index in [1.807, 2.05) is 0 Å². The standard InChI is InChI=1S/C13H13NO5/c1-6-3-2-4-9(10(6)13(18)19)14-11(15)7-5-8(7)12(16)17/h2-4,7-8H,5H2,1H3,(H,14,15)(H,16,17)(H,18,19)/t7-,8+/m0/s1. The normalized spacial score (nSPS) is 20.7. The predicted octanol–water partition coefficient (Wildman–Crippen LogP) is 1.35. The lowest BCUT2D eigenvalue weighted by Gasteiger charge is -2.10. The Hall–Kier alpha value is -2.37. The molecule has 0 spiro atoms. The lowest BCUT2D eigenvalue weighted by atomic mass is 10.1. The van der Waals surface area contributed by atoms with E-state index < -0.39 is 29.7 Å². The summed E-state index contributed by atoms with van der Waals surface area (Å²) < 4.78 is 0. The Labute approximate surface area is 109 Å². The highest BCUT2D eigenvalue weighted by atomic mass is 16.4. The third-order valence-electron chi connectivity index (χ3n) is 3.19. The summed E-state index contributed by atoms with van der Waals surface area (Å²) in [6, 6.07) is 4.77. The second-order valence-corrected chi connectivity index (χ2v) is 4.58. The molecule has 0 aliphatic heterocycles. The first-order valence-corrected chi connectivity index (χ1v) is 5.78. The molecule has 1 fully saturated rings. The third-order valence-corrected chi connectivity index (χ3v) is 3.19. The van der Waals surface area contributed by atoms with Crippen molar-refractivity contribution in [1.82, 2.24) is 0 Å². The van der Waals surface area contributed by atoms with Crippen molar-refractivity contribution in [1.29, 1.82) is 0 Å². The van der Waals surface area contributed by atoms with Crippen molar-refractivity contribution >= 4 is 23.5 Å². The van der Waals surface area contributed by atoms with Crippen molar-refractivity contribution in [2.75, 3.05) is 5.32 Å². The summed E-state index contributed by atoms with van der Waals surface area (Å²) in [5.74, 6) is -3.79. The maximum Gasteiger partial charge on any atom is 0.338 e. The molecule has 0 heterocycles. The first-order chi connectivity index (χ1) is 8.91. The van der Waals surface area contributed by atoms with E-state index in [4.69, 9.17) is 10.2 Å². The molecule has 2 rings (SSSR count). The maximum atomic E-state index is 11.8. The zero-order valence-electron chi connectivity index (χ0n) is 10.2. The first kappa shape index (κ1) is 13.1. The molecular formula is C13H13NO5. The van der Waals surface area contributed by atoms with Crippen LogP contribution in [-0.4, -0.2) is 28.1 Å². The average Bonchev–Trinajstić information content (AvgIpc) is 3.08. The van der Waals surface area contributed by atoms with Crippen molar-refractivity contribution in [2.24, 2.45) is 11.8 Å². The fraction of sp³-hybridized carbons (Fsp3) is 0.308. The number of rotatable bonds is 4. The van der Waals surface area contributed by atoms with Crippen LogP contribution in [0, 0.1) is 18.8 Å². The Morgan fingerprint density at radius 3 is 2.42 bits per heavy atom. The number of carbonyl (C=O) groups excluding carboxylic acids is 1. The van der Waals surface area contributed by atoms with Gasteiger partial charge in [0.25, 0.3) is 0 Å². The summed E-state index contributed by atoms with van der Waals surface area (Å²) in [5, 5.41) is 20.4. The number of carboxylic acids is 2. The van der Waals surface area contributed by atoms with Gasteiger partial charge in [0.2, 0.25) is 5.91 Å². The Kier molecular flexibility index (Phi) is 3.25. The number of aryl methyl sites for hydroxylation is 1. The number of amides is 1. The van der Waals surface area contributed by atoms with Gasteiger partial charge in [-0.3, -0.25) is 9.59 Å². The second kappa shape index (κ2) is 4.72. The second-order valence-electron chi connectivity index (χ2n) is 4.58. The third kappa shape index (κ3) is 2.57. The highest BCUT2D eigenvalue weighted by Crippen LogP contribution is 2.39. The largest absolute Gasteiger partial charge is 0.481 e. The van der Waals surface area contributed by atoms with Gasteiger partial charge in [0.1, 0.15) is 0 Å². The van der Waals surface area contributed by atoms with Crippen LogP contribution in [0.4, 0.5) is 5.69 Å².